The van der Waals surface area contributed by atoms with Crippen LogP contribution in [0.1, 0.15) is 29.0 Å². The summed E-state index contributed by atoms with van der Waals surface area (Å²) in [5, 5.41) is 0. The molecule has 1 atom stereocenters. The van der Waals surface area contributed by atoms with Crippen LogP contribution < -0.4 is 0 Å². The fourth-order valence-electron chi connectivity index (χ4n) is 2.80. The summed E-state index contributed by atoms with van der Waals surface area (Å²) in [4.78, 5) is 26.7. The molecule has 0 bridgehead atoms. The highest BCUT2D eigenvalue weighted by molar-refractivity contribution is 5.92. The van der Waals surface area contributed by atoms with Crippen LogP contribution in [0.5, 0.6) is 0 Å². The number of hydrogen-bond acceptors (Lipinski definition) is 4. The molecule has 5 nitrogen and oxygen atoms in total. The predicted octanol–water partition coefficient (Wildman–Crippen LogP) is 1.97. The van der Waals surface area contributed by atoms with Gasteiger partial charge in [-0.1, -0.05) is 6.07 Å². The quantitative estimate of drug-likeness (QED) is 0.863. The minimum absolute atomic E-state index is 0.0196. The van der Waals surface area contributed by atoms with Crippen LogP contribution in [-0.2, 0) is 6.42 Å². The molecule has 1 aliphatic rings. The van der Waals surface area contributed by atoms with E-state index in [0.717, 1.165) is 38.0 Å². The third kappa shape index (κ3) is 3.42. The second kappa shape index (κ2) is 6.43. The van der Waals surface area contributed by atoms with Gasteiger partial charge in [-0.2, -0.15) is 0 Å². The van der Waals surface area contributed by atoms with Crippen LogP contribution in [0.15, 0.2) is 43.0 Å². The Morgan fingerprint density at radius 1 is 1.24 bits per heavy atom. The highest BCUT2D eigenvalue weighted by Crippen LogP contribution is 2.21. The maximum atomic E-state index is 12.4. The molecule has 2 aromatic rings. The standard InChI is InChI=1S/C16H18N4O/c21-16(15-11-17-7-8-19-15)20-9-3-4-13(12-20)10-14-5-1-2-6-18-14/h1-2,5-8,11,13H,3-4,9-10,12H2/t13-/m1/s1. The highest BCUT2D eigenvalue weighted by Gasteiger charge is 2.25. The van der Waals surface area contributed by atoms with Crippen molar-refractivity contribution in [2.45, 2.75) is 19.3 Å². The number of rotatable bonds is 3. The van der Waals surface area contributed by atoms with Crippen molar-refractivity contribution in [1.29, 1.82) is 0 Å². The molecule has 108 valence electrons. The summed E-state index contributed by atoms with van der Waals surface area (Å²) < 4.78 is 0. The molecule has 1 fully saturated rings. The second-order valence-electron chi connectivity index (χ2n) is 5.38. The van der Waals surface area contributed by atoms with E-state index in [-0.39, 0.29) is 5.91 Å². The lowest BCUT2D eigenvalue weighted by atomic mass is 9.93. The lowest BCUT2D eigenvalue weighted by Gasteiger charge is -2.32. The number of likely N-dealkylation sites (tertiary alicyclic amines) is 1. The number of carbonyl (C=O) groups excluding carboxylic acids is 1. The Hall–Kier alpha value is -2.30. The average molecular weight is 282 g/mol. The van der Waals surface area contributed by atoms with Crippen LogP contribution in [0.4, 0.5) is 0 Å². The number of aromatic nitrogens is 3. The molecule has 1 aliphatic heterocycles. The maximum absolute atomic E-state index is 12.4. The first-order chi connectivity index (χ1) is 10.3. The van der Waals surface area contributed by atoms with Crippen LogP contribution in [0.25, 0.3) is 0 Å². The largest absolute Gasteiger partial charge is 0.337 e. The zero-order valence-corrected chi connectivity index (χ0v) is 11.9. The fraction of sp³-hybridized carbons (Fsp3) is 0.375. The Kier molecular flexibility index (Phi) is 4.19. The van der Waals surface area contributed by atoms with E-state index in [4.69, 9.17) is 0 Å². The van der Waals surface area contributed by atoms with E-state index in [2.05, 4.69) is 15.0 Å². The minimum Gasteiger partial charge on any atom is -0.337 e. The summed E-state index contributed by atoms with van der Waals surface area (Å²) in [5.41, 5.74) is 1.52. The van der Waals surface area contributed by atoms with Crippen LogP contribution in [0.2, 0.25) is 0 Å². The van der Waals surface area contributed by atoms with Gasteiger partial charge in [0.05, 0.1) is 6.20 Å². The maximum Gasteiger partial charge on any atom is 0.274 e. The average Bonchev–Trinajstić information content (AvgIpc) is 2.56. The van der Waals surface area contributed by atoms with Gasteiger partial charge in [0.2, 0.25) is 0 Å². The molecule has 21 heavy (non-hydrogen) atoms. The summed E-state index contributed by atoms with van der Waals surface area (Å²) in [6.07, 6.45) is 9.58. The molecular formula is C16H18N4O. The minimum atomic E-state index is -0.0196. The zero-order valence-electron chi connectivity index (χ0n) is 11.9. The summed E-state index contributed by atoms with van der Waals surface area (Å²) >= 11 is 0. The molecule has 2 aromatic heterocycles. The molecule has 1 amide bonds. The van der Waals surface area contributed by atoms with Gasteiger partial charge in [-0.25, -0.2) is 4.98 Å². The summed E-state index contributed by atoms with van der Waals surface area (Å²) in [6, 6.07) is 5.98. The molecule has 3 rings (SSSR count). The molecule has 0 saturated carbocycles. The van der Waals surface area contributed by atoms with Crippen molar-refractivity contribution in [3.05, 3.63) is 54.4 Å². The van der Waals surface area contributed by atoms with E-state index in [1.165, 1.54) is 6.20 Å². The molecular weight excluding hydrogens is 264 g/mol. The molecule has 0 radical (unpaired) electrons. The molecule has 0 aromatic carbocycles. The number of hydrogen-bond donors (Lipinski definition) is 0. The number of carbonyl (C=O) groups is 1. The van der Waals surface area contributed by atoms with Crippen LogP contribution in [-0.4, -0.2) is 38.8 Å². The lowest BCUT2D eigenvalue weighted by Crippen LogP contribution is -2.40. The van der Waals surface area contributed by atoms with Crippen LogP contribution in [0.3, 0.4) is 0 Å². The molecule has 0 spiro atoms. The van der Waals surface area contributed by atoms with E-state index in [0.29, 0.717) is 11.6 Å². The first-order valence-electron chi connectivity index (χ1n) is 7.28. The van der Waals surface area contributed by atoms with Crippen LogP contribution in [0, 0.1) is 5.92 Å². The smallest absolute Gasteiger partial charge is 0.274 e. The molecule has 0 unspecified atom stereocenters. The van der Waals surface area contributed by atoms with Crippen molar-refractivity contribution >= 4 is 5.91 Å². The molecule has 3 heterocycles. The zero-order chi connectivity index (χ0) is 14.5. The number of piperidine rings is 1. The predicted molar refractivity (Wildman–Crippen MR) is 78.6 cm³/mol. The van der Waals surface area contributed by atoms with Gasteiger partial charge in [0.15, 0.2) is 0 Å². The Morgan fingerprint density at radius 3 is 2.95 bits per heavy atom. The lowest BCUT2D eigenvalue weighted by molar-refractivity contribution is 0.0666. The van der Waals surface area contributed by atoms with Crippen molar-refractivity contribution in [3.8, 4) is 0 Å². The first-order valence-corrected chi connectivity index (χ1v) is 7.28. The first kappa shape index (κ1) is 13.7. The second-order valence-corrected chi connectivity index (χ2v) is 5.38. The van der Waals surface area contributed by atoms with Crippen molar-refractivity contribution in [1.82, 2.24) is 19.9 Å². The van der Waals surface area contributed by atoms with Crippen molar-refractivity contribution in [2.75, 3.05) is 13.1 Å². The van der Waals surface area contributed by atoms with Crippen molar-refractivity contribution in [2.24, 2.45) is 5.92 Å². The van der Waals surface area contributed by atoms with E-state index in [1.807, 2.05) is 29.3 Å². The highest BCUT2D eigenvalue weighted by atomic mass is 16.2. The summed E-state index contributed by atoms with van der Waals surface area (Å²) in [5.74, 6) is 0.447. The van der Waals surface area contributed by atoms with Gasteiger partial charge in [0.1, 0.15) is 5.69 Å². The van der Waals surface area contributed by atoms with Gasteiger partial charge in [0, 0.05) is 37.4 Å². The van der Waals surface area contributed by atoms with Gasteiger partial charge >= 0.3 is 0 Å². The molecule has 0 aliphatic carbocycles. The topological polar surface area (TPSA) is 59.0 Å². The third-order valence-corrected chi connectivity index (χ3v) is 3.81. The monoisotopic (exact) mass is 282 g/mol. The normalized spacial score (nSPS) is 18.5. The van der Waals surface area contributed by atoms with Gasteiger partial charge in [-0.15, -0.1) is 0 Å². The Balaban J connectivity index is 1.64. The van der Waals surface area contributed by atoms with Gasteiger partial charge in [-0.05, 0) is 37.3 Å². The Morgan fingerprint density at radius 2 is 2.19 bits per heavy atom. The summed E-state index contributed by atoms with van der Waals surface area (Å²) in [6.45, 7) is 1.57. The molecule has 1 saturated heterocycles. The van der Waals surface area contributed by atoms with Gasteiger partial charge < -0.3 is 4.90 Å². The van der Waals surface area contributed by atoms with Crippen LogP contribution >= 0.6 is 0 Å². The van der Waals surface area contributed by atoms with E-state index in [1.54, 1.807) is 12.4 Å². The summed E-state index contributed by atoms with van der Waals surface area (Å²) in [7, 11) is 0. The molecule has 5 heteroatoms. The fourth-order valence-corrected chi connectivity index (χ4v) is 2.80. The third-order valence-electron chi connectivity index (χ3n) is 3.81. The number of pyridine rings is 1. The van der Waals surface area contributed by atoms with Crippen molar-refractivity contribution < 1.29 is 4.79 Å². The Labute approximate surface area is 124 Å². The SMILES string of the molecule is O=C(c1cnccn1)N1CCC[C@H](Cc2ccccn2)C1. The van der Waals surface area contributed by atoms with Gasteiger partial charge in [-0.3, -0.25) is 14.8 Å². The van der Waals surface area contributed by atoms with E-state index in [9.17, 15) is 4.79 Å². The van der Waals surface area contributed by atoms with E-state index < -0.39 is 0 Å². The van der Waals surface area contributed by atoms with Crippen molar-refractivity contribution in [3.63, 3.8) is 0 Å². The Bertz CT molecular complexity index is 588. The van der Waals surface area contributed by atoms with Gasteiger partial charge in [0.25, 0.3) is 5.91 Å². The molecule has 0 N–H and O–H groups in total. The number of amides is 1. The number of nitrogens with zero attached hydrogens (tertiary/aromatic N) is 4. The van der Waals surface area contributed by atoms with E-state index >= 15 is 0 Å².